The molecule has 13 heavy (non-hydrogen) atoms. The van der Waals surface area contributed by atoms with E-state index in [-0.39, 0.29) is 5.69 Å². The number of hydrogen-bond acceptors (Lipinski definition) is 2. The molecular formula is C7H9F3N2O. The molecule has 0 saturated heterocycles. The first kappa shape index (κ1) is 10.0. The molecule has 74 valence electrons. The molecule has 1 atom stereocenters. The standard InChI is InChI=1S/C7H9F3N2O/c1-4(13)5-3-6(7(8,9)10)11-12(5)2/h3-4,13H,1-2H3/t4-/m1/s1. The van der Waals surface area contributed by atoms with Crippen LogP contribution in [0.1, 0.15) is 24.4 Å². The number of aryl methyl sites for hydroxylation is 1. The van der Waals surface area contributed by atoms with Crippen molar-refractivity contribution in [3.63, 3.8) is 0 Å². The van der Waals surface area contributed by atoms with Crippen LogP contribution in [-0.4, -0.2) is 14.9 Å². The van der Waals surface area contributed by atoms with Gasteiger partial charge in [0.25, 0.3) is 0 Å². The molecule has 0 fully saturated rings. The number of rotatable bonds is 1. The molecule has 0 bridgehead atoms. The maximum Gasteiger partial charge on any atom is 0.435 e. The summed E-state index contributed by atoms with van der Waals surface area (Å²) >= 11 is 0. The van der Waals surface area contributed by atoms with Gasteiger partial charge in [-0.3, -0.25) is 4.68 Å². The van der Waals surface area contributed by atoms with Gasteiger partial charge in [-0.25, -0.2) is 0 Å². The molecule has 1 heterocycles. The number of aliphatic hydroxyl groups is 1. The molecule has 1 N–H and O–H groups in total. The predicted molar refractivity (Wildman–Crippen MR) is 38.8 cm³/mol. The molecule has 6 heteroatoms. The molecule has 3 nitrogen and oxygen atoms in total. The van der Waals surface area contributed by atoms with Gasteiger partial charge in [-0.05, 0) is 13.0 Å². The highest BCUT2D eigenvalue weighted by molar-refractivity contribution is 5.14. The van der Waals surface area contributed by atoms with Crippen molar-refractivity contribution in [3.05, 3.63) is 17.5 Å². The quantitative estimate of drug-likeness (QED) is 0.735. The molecule has 0 unspecified atom stereocenters. The van der Waals surface area contributed by atoms with Gasteiger partial charge < -0.3 is 5.11 Å². The van der Waals surface area contributed by atoms with E-state index in [1.807, 2.05) is 0 Å². The Morgan fingerprint density at radius 1 is 1.54 bits per heavy atom. The summed E-state index contributed by atoms with van der Waals surface area (Å²) < 4.78 is 37.3. The minimum atomic E-state index is -4.45. The SMILES string of the molecule is C[C@@H](O)c1cc(C(F)(F)F)nn1C. The third-order valence-corrected chi connectivity index (χ3v) is 1.63. The smallest absolute Gasteiger partial charge is 0.387 e. The van der Waals surface area contributed by atoms with Crippen molar-refractivity contribution < 1.29 is 18.3 Å². The van der Waals surface area contributed by atoms with Crippen LogP contribution in [0.2, 0.25) is 0 Å². The third kappa shape index (κ3) is 2.00. The van der Waals surface area contributed by atoms with E-state index in [0.717, 1.165) is 10.7 Å². The number of alkyl halides is 3. The van der Waals surface area contributed by atoms with Crippen molar-refractivity contribution in [2.24, 2.45) is 7.05 Å². The summed E-state index contributed by atoms with van der Waals surface area (Å²) in [6.45, 7) is 1.39. The van der Waals surface area contributed by atoms with E-state index in [1.165, 1.54) is 14.0 Å². The lowest BCUT2D eigenvalue weighted by molar-refractivity contribution is -0.141. The van der Waals surface area contributed by atoms with Gasteiger partial charge in [-0.15, -0.1) is 0 Å². The first-order valence-electron chi connectivity index (χ1n) is 3.61. The number of aliphatic hydroxyl groups excluding tert-OH is 1. The topological polar surface area (TPSA) is 38.1 Å². The molecule has 0 aliphatic rings. The first-order chi connectivity index (χ1) is 5.82. The summed E-state index contributed by atoms with van der Waals surface area (Å²) in [4.78, 5) is 0. The van der Waals surface area contributed by atoms with Crippen molar-refractivity contribution in [1.82, 2.24) is 9.78 Å². The number of halogens is 3. The van der Waals surface area contributed by atoms with E-state index in [2.05, 4.69) is 5.10 Å². The fourth-order valence-corrected chi connectivity index (χ4v) is 1.01. The molecule has 0 aliphatic carbocycles. The fraction of sp³-hybridized carbons (Fsp3) is 0.571. The van der Waals surface area contributed by atoms with Crippen molar-refractivity contribution in [1.29, 1.82) is 0 Å². The van der Waals surface area contributed by atoms with Crippen LogP contribution in [0.3, 0.4) is 0 Å². The predicted octanol–water partition coefficient (Wildman–Crippen LogP) is 1.49. The van der Waals surface area contributed by atoms with E-state index in [4.69, 9.17) is 5.11 Å². The molecule has 0 spiro atoms. The summed E-state index contributed by atoms with van der Waals surface area (Å²) in [5, 5.41) is 12.3. The van der Waals surface area contributed by atoms with Crippen molar-refractivity contribution in [2.75, 3.05) is 0 Å². The van der Waals surface area contributed by atoms with E-state index in [9.17, 15) is 13.2 Å². The molecule has 0 amide bonds. The zero-order chi connectivity index (χ0) is 10.2. The second-order valence-corrected chi connectivity index (χ2v) is 2.75. The summed E-state index contributed by atoms with van der Waals surface area (Å²) in [5.74, 6) is 0. The lowest BCUT2D eigenvalue weighted by atomic mass is 10.2. The second-order valence-electron chi connectivity index (χ2n) is 2.75. The van der Waals surface area contributed by atoms with Gasteiger partial charge in [-0.1, -0.05) is 0 Å². The van der Waals surface area contributed by atoms with Crippen molar-refractivity contribution in [3.8, 4) is 0 Å². The van der Waals surface area contributed by atoms with E-state index in [1.54, 1.807) is 0 Å². The molecule has 0 aromatic carbocycles. The van der Waals surface area contributed by atoms with Crippen LogP contribution in [0.4, 0.5) is 13.2 Å². The van der Waals surface area contributed by atoms with Gasteiger partial charge in [0.1, 0.15) is 0 Å². The zero-order valence-corrected chi connectivity index (χ0v) is 7.13. The van der Waals surface area contributed by atoms with Crippen molar-refractivity contribution >= 4 is 0 Å². The third-order valence-electron chi connectivity index (χ3n) is 1.63. The van der Waals surface area contributed by atoms with E-state index >= 15 is 0 Å². The minimum Gasteiger partial charge on any atom is -0.387 e. The average Bonchev–Trinajstić information content (AvgIpc) is 2.29. The maximum atomic E-state index is 12.1. The van der Waals surface area contributed by atoms with Crippen LogP contribution in [0.25, 0.3) is 0 Å². The molecule has 0 saturated carbocycles. The van der Waals surface area contributed by atoms with Gasteiger partial charge in [-0.2, -0.15) is 18.3 Å². The summed E-state index contributed by atoms with van der Waals surface area (Å²) in [6.07, 6.45) is -5.40. The lowest BCUT2D eigenvalue weighted by Crippen LogP contribution is -2.06. The highest BCUT2D eigenvalue weighted by Crippen LogP contribution is 2.29. The van der Waals surface area contributed by atoms with Crippen LogP contribution in [0.5, 0.6) is 0 Å². The Morgan fingerprint density at radius 3 is 2.31 bits per heavy atom. The molecular weight excluding hydrogens is 185 g/mol. The fourth-order valence-electron chi connectivity index (χ4n) is 1.01. The zero-order valence-electron chi connectivity index (χ0n) is 7.13. The van der Waals surface area contributed by atoms with E-state index < -0.39 is 18.0 Å². The highest BCUT2D eigenvalue weighted by atomic mass is 19.4. The first-order valence-corrected chi connectivity index (χ1v) is 3.61. The Bertz CT molecular complexity index is 303. The Balaban J connectivity index is 3.10. The van der Waals surface area contributed by atoms with Gasteiger partial charge in [0.05, 0.1) is 11.8 Å². The van der Waals surface area contributed by atoms with E-state index in [0.29, 0.717) is 0 Å². The Hall–Kier alpha value is -1.04. The van der Waals surface area contributed by atoms with Gasteiger partial charge in [0.2, 0.25) is 0 Å². The van der Waals surface area contributed by atoms with Crippen LogP contribution < -0.4 is 0 Å². The Kier molecular flexibility index (Phi) is 2.34. The maximum absolute atomic E-state index is 12.1. The summed E-state index contributed by atoms with van der Waals surface area (Å²) in [7, 11) is 1.36. The Morgan fingerprint density at radius 2 is 2.08 bits per heavy atom. The molecule has 0 aliphatic heterocycles. The number of aromatic nitrogens is 2. The molecule has 1 rings (SSSR count). The number of hydrogen-bond donors (Lipinski definition) is 1. The summed E-state index contributed by atoms with van der Waals surface area (Å²) in [5.41, 5.74) is -0.835. The molecule has 0 radical (unpaired) electrons. The lowest BCUT2D eigenvalue weighted by Gasteiger charge is -2.02. The van der Waals surface area contributed by atoms with Crippen LogP contribution in [-0.2, 0) is 13.2 Å². The molecule has 1 aromatic heterocycles. The number of nitrogens with zero attached hydrogens (tertiary/aromatic N) is 2. The Labute approximate surface area is 72.8 Å². The minimum absolute atomic E-state index is 0.146. The second kappa shape index (κ2) is 3.02. The van der Waals surface area contributed by atoms with Crippen LogP contribution >= 0.6 is 0 Å². The van der Waals surface area contributed by atoms with Gasteiger partial charge in [0, 0.05) is 7.05 Å². The van der Waals surface area contributed by atoms with Crippen molar-refractivity contribution in [2.45, 2.75) is 19.2 Å². The highest BCUT2D eigenvalue weighted by Gasteiger charge is 2.34. The molecule has 1 aromatic rings. The average molecular weight is 194 g/mol. The van der Waals surface area contributed by atoms with Gasteiger partial charge in [0.15, 0.2) is 5.69 Å². The van der Waals surface area contributed by atoms with Crippen LogP contribution in [0.15, 0.2) is 6.07 Å². The summed E-state index contributed by atoms with van der Waals surface area (Å²) in [6, 6.07) is 0.838. The van der Waals surface area contributed by atoms with Crippen LogP contribution in [0, 0.1) is 0 Å². The monoisotopic (exact) mass is 194 g/mol. The normalized spacial score (nSPS) is 14.6. The largest absolute Gasteiger partial charge is 0.435 e. The van der Waals surface area contributed by atoms with Gasteiger partial charge >= 0.3 is 6.18 Å².